The summed E-state index contributed by atoms with van der Waals surface area (Å²) in [4.78, 5) is 15.3. The normalized spacial score (nSPS) is 18.0. The first-order chi connectivity index (χ1) is 17.4. The first kappa shape index (κ1) is 25.5. The summed E-state index contributed by atoms with van der Waals surface area (Å²) in [5.41, 5.74) is 2.02. The largest absolute Gasteiger partial charge is 0.380 e. The van der Waals surface area contributed by atoms with Gasteiger partial charge in [-0.05, 0) is 62.4 Å². The van der Waals surface area contributed by atoms with E-state index in [1.165, 1.54) is 30.2 Å². The SMILES string of the molecule is CN(C)S(=O)(=O)c1ccc(-c2csc3ncnc(N4CCC(COCCN5CCCC5)CC4)c23)cc1. The Morgan fingerprint density at radius 3 is 2.47 bits per heavy atom. The standard InChI is InChI=1S/C26H35N5O3S2/c1-29(2)36(32,33)22-7-5-21(6-8-22)23-18-35-26-24(23)25(27-19-28-26)31-13-9-20(10-14-31)17-34-16-15-30-11-3-4-12-30/h5-8,18-20H,3-4,9-17H2,1-2H3. The molecule has 2 saturated heterocycles. The minimum atomic E-state index is -3.46. The highest BCUT2D eigenvalue weighted by atomic mass is 32.2. The van der Waals surface area contributed by atoms with Gasteiger partial charge in [0.2, 0.25) is 10.0 Å². The fourth-order valence-electron chi connectivity index (χ4n) is 5.09. The maximum absolute atomic E-state index is 12.5. The summed E-state index contributed by atoms with van der Waals surface area (Å²) >= 11 is 1.60. The number of nitrogens with zero attached hydrogens (tertiary/aromatic N) is 5. The smallest absolute Gasteiger partial charge is 0.242 e. The van der Waals surface area contributed by atoms with E-state index in [2.05, 4.69) is 20.2 Å². The van der Waals surface area contributed by atoms with Crippen LogP contribution >= 0.6 is 11.3 Å². The summed E-state index contributed by atoms with van der Waals surface area (Å²) in [5, 5.41) is 3.14. The zero-order valence-electron chi connectivity index (χ0n) is 21.1. The Hall–Kier alpha value is -2.11. The van der Waals surface area contributed by atoms with Crippen LogP contribution in [0.3, 0.4) is 0 Å². The second kappa shape index (κ2) is 11.1. The predicted molar refractivity (Wildman–Crippen MR) is 145 cm³/mol. The monoisotopic (exact) mass is 529 g/mol. The molecule has 0 spiro atoms. The number of piperidine rings is 1. The van der Waals surface area contributed by atoms with Crippen molar-refractivity contribution in [2.45, 2.75) is 30.6 Å². The van der Waals surface area contributed by atoms with Crippen LogP contribution in [0.25, 0.3) is 21.3 Å². The van der Waals surface area contributed by atoms with Crippen LogP contribution in [0.1, 0.15) is 25.7 Å². The van der Waals surface area contributed by atoms with E-state index < -0.39 is 10.0 Å². The summed E-state index contributed by atoms with van der Waals surface area (Å²) in [6, 6.07) is 7.10. The second-order valence-electron chi connectivity index (χ2n) is 9.89. The molecular formula is C26H35N5O3S2. The lowest BCUT2D eigenvalue weighted by Gasteiger charge is -2.33. The molecular weight excluding hydrogens is 494 g/mol. The number of likely N-dealkylation sites (tertiary alicyclic amines) is 1. The van der Waals surface area contributed by atoms with Crippen molar-refractivity contribution in [3.8, 4) is 11.1 Å². The van der Waals surface area contributed by atoms with Crippen LogP contribution in [0.15, 0.2) is 40.9 Å². The molecule has 10 heteroatoms. The molecule has 0 aliphatic carbocycles. The number of hydrogen-bond acceptors (Lipinski definition) is 8. The van der Waals surface area contributed by atoms with Gasteiger partial charge in [-0.15, -0.1) is 11.3 Å². The second-order valence-corrected chi connectivity index (χ2v) is 12.9. The Morgan fingerprint density at radius 1 is 1.06 bits per heavy atom. The summed E-state index contributed by atoms with van der Waals surface area (Å²) in [7, 11) is -0.369. The van der Waals surface area contributed by atoms with Crippen molar-refractivity contribution in [3.05, 3.63) is 36.0 Å². The highest BCUT2D eigenvalue weighted by Crippen LogP contribution is 2.39. The molecule has 194 valence electrons. The van der Waals surface area contributed by atoms with E-state index in [9.17, 15) is 8.42 Å². The van der Waals surface area contributed by atoms with Crippen molar-refractivity contribution in [1.82, 2.24) is 19.2 Å². The van der Waals surface area contributed by atoms with Crippen LogP contribution in [-0.4, -0.2) is 87.6 Å². The molecule has 0 bridgehead atoms. The van der Waals surface area contributed by atoms with Gasteiger partial charge in [-0.2, -0.15) is 0 Å². The molecule has 1 aromatic carbocycles. The van der Waals surface area contributed by atoms with Crippen LogP contribution in [0.4, 0.5) is 5.82 Å². The van der Waals surface area contributed by atoms with E-state index in [1.807, 2.05) is 12.1 Å². The highest BCUT2D eigenvalue weighted by Gasteiger charge is 2.24. The molecule has 4 heterocycles. The van der Waals surface area contributed by atoms with Gasteiger partial charge >= 0.3 is 0 Å². The molecule has 0 amide bonds. The Bertz CT molecular complexity index is 1260. The number of anilines is 1. The molecule has 2 aliphatic heterocycles. The first-order valence-corrected chi connectivity index (χ1v) is 15.1. The Balaban J connectivity index is 1.26. The molecule has 2 fully saturated rings. The van der Waals surface area contributed by atoms with Gasteiger partial charge in [-0.1, -0.05) is 12.1 Å². The number of hydrogen-bond donors (Lipinski definition) is 0. The maximum atomic E-state index is 12.5. The number of aromatic nitrogens is 2. The quantitative estimate of drug-likeness (QED) is 0.389. The number of sulfonamides is 1. The molecule has 0 N–H and O–H groups in total. The van der Waals surface area contributed by atoms with Crippen LogP contribution < -0.4 is 4.90 Å². The van der Waals surface area contributed by atoms with Gasteiger partial charge in [0.25, 0.3) is 0 Å². The summed E-state index contributed by atoms with van der Waals surface area (Å²) in [6.07, 6.45) is 6.48. The lowest BCUT2D eigenvalue weighted by molar-refractivity contribution is 0.0753. The van der Waals surface area contributed by atoms with Crippen LogP contribution in [-0.2, 0) is 14.8 Å². The number of ether oxygens (including phenoxy) is 1. The third kappa shape index (κ3) is 5.43. The van der Waals surface area contributed by atoms with Crippen molar-refractivity contribution in [1.29, 1.82) is 0 Å². The van der Waals surface area contributed by atoms with E-state index >= 15 is 0 Å². The fraction of sp³-hybridized carbons (Fsp3) is 0.538. The number of benzene rings is 1. The highest BCUT2D eigenvalue weighted by molar-refractivity contribution is 7.89. The average Bonchev–Trinajstić information content (AvgIpc) is 3.57. The van der Waals surface area contributed by atoms with Gasteiger partial charge in [-0.25, -0.2) is 22.7 Å². The number of fused-ring (bicyclic) bond motifs is 1. The molecule has 0 saturated carbocycles. The minimum Gasteiger partial charge on any atom is -0.380 e. The van der Waals surface area contributed by atoms with Crippen molar-refractivity contribution in [2.75, 3.05) is 64.9 Å². The molecule has 36 heavy (non-hydrogen) atoms. The molecule has 8 nitrogen and oxygen atoms in total. The Morgan fingerprint density at radius 2 is 1.78 bits per heavy atom. The summed E-state index contributed by atoms with van der Waals surface area (Å²) in [6.45, 7) is 7.06. The van der Waals surface area contributed by atoms with E-state index in [-0.39, 0.29) is 4.90 Å². The van der Waals surface area contributed by atoms with Gasteiger partial charge in [0, 0.05) is 51.3 Å². The molecule has 2 aliphatic rings. The lowest BCUT2D eigenvalue weighted by atomic mass is 9.97. The van der Waals surface area contributed by atoms with E-state index in [1.54, 1.807) is 43.9 Å². The molecule has 2 aromatic heterocycles. The topological polar surface area (TPSA) is 78.9 Å². The van der Waals surface area contributed by atoms with E-state index in [0.717, 1.165) is 72.9 Å². The van der Waals surface area contributed by atoms with Gasteiger partial charge in [0.1, 0.15) is 17.0 Å². The van der Waals surface area contributed by atoms with Crippen molar-refractivity contribution >= 4 is 37.4 Å². The van der Waals surface area contributed by atoms with Crippen LogP contribution in [0.2, 0.25) is 0 Å². The van der Waals surface area contributed by atoms with Gasteiger partial charge < -0.3 is 14.5 Å². The van der Waals surface area contributed by atoms with Crippen molar-refractivity contribution in [3.63, 3.8) is 0 Å². The summed E-state index contributed by atoms with van der Waals surface area (Å²) < 4.78 is 32.2. The lowest BCUT2D eigenvalue weighted by Crippen LogP contribution is -2.36. The van der Waals surface area contributed by atoms with Crippen molar-refractivity contribution < 1.29 is 13.2 Å². The molecule has 3 aromatic rings. The third-order valence-corrected chi connectivity index (χ3v) is 10.0. The number of thiophene rings is 1. The summed E-state index contributed by atoms with van der Waals surface area (Å²) in [5.74, 6) is 1.56. The molecule has 0 radical (unpaired) electrons. The first-order valence-electron chi connectivity index (χ1n) is 12.7. The van der Waals surface area contributed by atoms with Gasteiger partial charge in [-0.3, -0.25) is 0 Å². The van der Waals surface area contributed by atoms with E-state index in [4.69, 9.17) is 9.72 Å². The van der Waals surface area contributed by atoms with Gasteiger partial charge in [0.05, 0.1) is 16.9 Å². The zero-order chi connectivity index (χ0) is 25.1. The maximum Gasteiger partial charge on any atom is 0.242 e. The zero-order valence-corrected chi connectivity index (χ0v) is 22.7. The molecule has 0 unspecified atom stereocenters. The Kier molecular flexibility index (Phi) is 7.87. The predicted octanol–water partition coefficient (Wildman–Crippen LogP) is 3.94. The average molecular weight is 530 g/mol. The van der Waals surface area contributed by atoms with Crippen molar-refractivity contribution in [2.24, 2.45) is 5.92 Å². The minimum absolute atomic E-state index is 0.289. The van der Waals surface area contributed by atoms with Gasteiger partial charge in [0.15, 0.2) is 0 Å². The fourth-order valence-corrected chi connectivity index (χ4v) is 6.90. The molecule has 5 rings (SSSR count). The van der Waals surface area contributed by atoms with Crippen LogP contribution in [0.5, 0.6) is 0 Å². The van der Waals surface area contributed by atoms with E-state index in [0.29, 0.717) is 5.92 Å². The van der Waals surface area contributed by atoms with Crippen LogP contribution in [0, 0.1) is 5.92 Å². The molecule has 0 atom stereocenters. The Labute approximate surface area is 218 Å². The third-order valence-electron chi connectivity index (χ3n) is 7.31. The number of rotatable bonds is 9.